The van der Waals surface area contributed by atoms with Crippen LogP contribution in [-0.2, 0) is 0 Å². The number of aliphatic hydroxyl groups excluding tert-OH is 1. The maximum atomic E-state index is 15.5. The topological polar surface area (TPSA) is 64.7 Å². The number of rotatable bonds is 7. The lowest BCUT2D eigenvalue weighted by molar-refractivity contribution is 0.137. The Morgan fingerprint density at radius 3 is 2.06 bits per heavy atom. The first-order valence-electron chi connectivity index (χ1n) is 11.8. The fraction of sp³-hybridized carbons (Fsp3) is 0.538. The highest BCUT2D eigenvalue weighted by atomic mass is 19.1. The molecule has 2 aliphatic carbocycles. The summed E-state index contributed by atoms with van der Waals surface area (Å²) in [6, 6.07) is 5.33. The standard InChI is InChI=1S/C26H33F2NO3/c1-3-5-15-6-8-16(9-7-15)14-32-20-13-10-17-18-11-12-19(31-4-2)24(28)22(18)26(30)25(29)21(17)23(20)27/h10-13,15-16,25-26,30H,3-9,14,29H2,1-2H3. The van der Waals surface area contributed by atoms with Crippen LogP contribution in [0.1, 0.15) is 75.6 Å². The second-order valence-electron chi connectivity index (χ2n) is 9.07. The van der Waals surface area contributed by atoms with Gasteiger partial charge in [-0.3, -0.25) is 0 Å². The van der Waals surface area contributed by atoms with Gasteiger partial charge in [0.1, 0.15) is 6.10 Å². The van der Waals surface area contributed by atoms with Gasteiger partial charge in [0.2, 0.25) is 0 Å². The zero-order valence-electron chi connectivity index (χ0n) is 18.9. The molecule has 0 saturated heterocycles. The van der Waals surface area contributed by atoms with E-state index in [0.29, 0.717) is 30.3 Å². The molecule has 4 nitrogen and oxygen atoms in total. The Morgan fingerprint density at radius 1 is 0.875 bits per heavy atom. The molecule has 0 amide bonds. The third kappa shape index (κ3) is 4.23. The zero-order valence-corrected chi connectivity index (χ0v) is 18.9. The van der Waals surface area contributed by atoms with Crippen molar-refractivity contribution in [3.63, 3.8) is 0 Å². The van der Waals surface area contributed by atoms with Gasteiger partial charge in [-0.1, -0.05) is 44.7 Å². The highest BCUT2D eigenvalue weighted by Gasteiger charge is 2.37. The molecule has 2 atom stereocenters. The summed E-state index contributed by atoms with van der Waals surface area (Å²) < 4.78 is 41.6. The molecule has 0 spiro atoms. The summed E-state index contributed by atoms with van der Waals surface area (Å²) >= 11 is 0. The van der Waals surface area contributed by atoms with Crippen molar-refractivity contribution in [3.8, 4) is 22.6 Å². The molecule has 2 aliphatic rings. The second-order valence-corrected chi connectivity index (χ2v) is 9.07. The van der Waals surface area contributed by atoms with E-state index in [0.717, 1.165) is 18.8 Å². The molecule has 174 valence electrons. The molecule has 0 radical (unpaired) electrons. The van der Waals surface area contributed by atoms with Gasteiger partial charge >= 0.3 is 0 Å². The average Bonchev–Trinajstić information content (AvgIpc) is 2.79. The molecule has 2 aromatic carbocycles. The maximum Gasteiger partial charge on any atom is 0.171 e. The van der Waals surface area contributed by atoms with Crippen LogP contribution < -0.4 is 15.2 Å². The van der Waals surface area contributed by atoms with Crippen LogP contribution in [0.15, 0.2) is 24.3 Å². The van der Waals surface area contributed by atoms with Crippen molar-refractivity contribution in [1.29, 1.82) is 0 Å². The third-order valence-corrected chi connectivity index (χ3v) is 6.99. The lowest BCUT2D eigenvalue weighted by Crippen LogP contribution is -2.27. The highest BCUT2D eigenvalue weighted by Crippen LogP contribution is 2.48. The zero-order chi connectivity index (χ0) is 22.8. The molecule has 0 heterocycles. The minimum absolute atomic E-state index is 0.0489. The Bertz CT molecular complexity index is 957. The summed E-state index contributed by atoms with van der Waals surface area (Å²) in [5, 5.41) is 10.7. The first-order valence-corrected chi connectivity index (χ1v) is 11.8. The Balaban J connectivity index is 1.56. The molecule has 2 aromatic rings. The van der Waals surface area contributed by atoms with Crippen LogP contribution in [0.2, 0.25) is 0 Å². The van der Waals surface area contributed by atoms with E-state index in [2.05, 4.69) is 6.92 Å². The number of fused-ring (bicyclic) bond motifs is 3. The fourth-order valence-corrected chi connectivity index (χ4v) is 5.25. The summed E-state index contributed by atoms with van der Waals surface area (Å²) in [5.74, 6) is 0.183. The van der Waals surface area contributed by atoms with Crippen LogP contribution >= 0.6 is 0 Å². The van der Waals surface area contributed by atoms with Gasteiger partial charge in [-0.25, -0.2) is 8.78 Å². The van der Waals surface area contributed by atoms with Crippen LogP contribution in [0.4, 0.5) is 8.78 Å². The Hall–Kier alpha value is -2.18. The number of hydrogen-bond donors (Lipinski definition) is 2. The van der Waals surface area contributed by atoms with Crippen molar-refractivity contribution in [2.24, 2.45) is 17.6 Å². The summed E-state index contributed by atoms with van der Waals surface area (Å²) in [6.07, 6.45) is 5.74. The van der Waals surface area contributed by atoms with Gasteiger partial charge in [0.15, 0.2) is 23.1 Å². The predicted octanol–water partition coefficient (Wildman–Crippen LogP) is 6.06. The van der Waals surface area contributed by atoms with Gasteiger partial charge < -0.3 is 20.3 Å². The molecular formula is C26H33F2NO3. The lowest BCUT2D eigenvalue weighted by atomic mass is 9.80. The Labute approximate surface area is 188 Å². The smallest absolute Gasteiger partial charge is 0.171 e. The third-order valence-electron chi connectivity index (χ3n) is 6.99. The van der Waals surface area contributed by atoms with Crippen molar-refractivity contribution in [1.82, 2.24) is 0 Å². The highest BCUT2D eigenvalue weighted by molar-refractivity contribution is 5.76. The van der Waals surface area contributed by atoms with Gasteiger partial charge in [-0.15, -0.1) is 0 Å². The van der Waals surface area contributed by atoms with E-state index >= 15 is 4.39 Å². The molecule has 0 aromatic heterocycles. The summed E-state index contributed by atoms with van der Waals surface area (Å²) in [5.41, 5.74) is 7.31. The number of ether oxygens (including phenoxy) is 2. The van der Waals surface area contributed by atoms with E-state index in [1.807, 2.05) is 0 Å². The number of halogens is 2. The largest absolute Gasteiger partial charge is 0.491 e. The first kappa shape index (κ1) is 23.0. The van der Waals surface area contributed by atoms with Gasteiger partial charge in [-0.2, -0.15) is 0 Å². The first-order chi connectivity index (χ1) is 15.5. The minimum Gasteiger partial charge on any atom is -0.491 e. The van der Waals surface area contributed by atoms with Gasteiger partial charge in [0.05, 0.1) is 19.3 Å². The van der Waals surface area contributed by atoms with Crippen LogP contribution in [-0.4, -0.2) is 18.3 Å². The van der Waals surface area contributed by atoms with Crippen molar-refractivity contribution in [2.45, 2.75) is 64.5 Å². The predicted molar refractivity (Wildman–Crippen MR) is 121 cm³/mol. The van der Waals surface area contributed by atoms with E-state index in [4.69, 9.17) is 15.2 Å². The molecule has 0 aliphatic heterocycles. The van der Waals surface area contributed by atoms with Crippen LogP contribution in [0, 0.1) is 23.5 Å². The Morgan fingerprint density at radius 2 is 1.44 bits per heavy atom. The summed E-state index contributed by atoms with van der Waals surface area (Å²) in [4.78, 5) is 0. The van der Waals surface area contributed by atoms with Crippen molar-refractivity contribution in [2.75, 3.05) is 13.2 Å². The fourth-order valence-electron chi connectivity index (χ4n) is 5.25. The number of nitrogens with two attached hydrogens (primary N) is 1. The van der Waals surface area contributed by atoms with E-state index in [1.54, 1.807) is 25.1 Å². The molecular weight excluding hydrogens is 412 g/mol. The van der Waals surface area contributed by atoms with E-state index in [-0.39, 0.29) is 22.6 Å². The summed E-state index contributed by atoms with van der Waals surface area (Å²) in [7, 11) is 0. The quantitative estimate of drug-likeness (QED) is 0.543. The molecule has 32 heavy (non-hydrogen) atoms. The molecule has 1 saturated carbocycles. The van der Waals surface area contributed by atoms with Crippen LogP contribution in [0.5, 0.6) is 11.5 Å². The van der Waals surface area contributed by atoms with Crippen LogP contribution in [0.25, 0.3) is 11.1 Å². The number of hydrogen-bond acceptors (Lipinski definition) is 4. The van der Waals surface area contributed by atoms with Crippen molar-refractivity contribution < 1.29 is 23.4 Å². The Kier molecular flexibility index (Phi) is 7.01. The van der Waals surface area contributed by atoms with Crippen molar-refractivity contribution in [3.05, 3.63) is 47.0 Å². The number of aliphatic hydroxyl groups is 1. The SMILES string of the molecule is CCCC1CCC(COc2ccc3c(c2F)C(N)C(O)c2c-3ccc(OCC)c2F)CC1. The normalized spacial score (nSPS) is 24.6. The summed E-state index contributed by atoms with van der Waals surface area (Å²) in [6.45, 7) is 4.74. The van der Waals surface area contributed by atoms with E-state index in [1.165, 1.54) is 31.7 Å². The molecule has 0 bridgehead atoms. The van der Waals surface area contributed by atoms with Gasteiger partial charge in [-0.05, 0) is 54.9 Å². The lowest BCUT2D eigenvalue weighted by Gasteiger charge is -2.32. The molecule has 6 heteroatoms. The molecule has 4 rings (SSSR count). The van der Waals surface area contributed by atoms with Crippen LogP contribution in [0.3, 0.4) is 0 Å². The van der Waals surface area contributed by atoms with E-state index in [9.17, 15) is 9.50 Å². The molecule has 3 N–H and O–H groups in total. The minimum atomic E-state index is -1.38. The van der Waals surface area contributed by atoms with Gasteiger partial charge in [0.25, 0.3) is 0 Å². The maximum absolute atomic E-state index is 15.5. The van der Waals surface area contributed by atoms with Gasteiger partial charge in [0, 0.05) is 11.1 Å². The monoisotopic (exact) mass is 445 g/mol. The van der Waals surface area contributed by atoms with Crippen molar-refractivity contribution >= 4 is 0 Å². The average molecular weight is 446 g/mol. The van der Waals surface area contributed by atoms with E-state index < -0.39 is 23.8 Å². The molecule has 1 fully saturated rings. The second kappa shape index (κ2) is 9.75. The molecule has 2 unspecified atom stereocenters. The number of benzene rings is 2.